The molecule has 1 aromatic heterocycles. The van der Waals surface area contributed by atoms with Crippen LogP contribution < -0.4 is 14.8 Å². The summed E-state index contributed by atoms with van der Waals surface area (Å²) in [5, 5.41) is 4.88. The fraction of sp³-hybridized carbons (Fsp3) is 0.227. The molecule has 0 spiro atoms. The van der Waals surface area contributed by atoms with Gasteiger partial charge in [-0.25, -0.2) is 0 Å². The van der Waals surface area contributed by atoms with E-state index in [1.165, 1.54) is 16.9 Å². The standard InChI is InChI=1S/C22H23NO3S/c1-14-5-7-19(16(3)9-14)26-12-17-11-21(27-13-17)22(24)23-18-10-15(2)6-8-20(18)25-4/h5-11,13H,12H2,1-4H3,(H,23,24). The number of rotatable bonds is 6. The number of methoxy groups -OCH3 is 1. The lowest BCUT2D eigenvalue weighted by Gasteiger charge is -2.10. The van der Waals surface area contributed by atoms with E-state index in [0.29, 0.717) is 22.9 Å². The summed E-state index contributed by atoms with van der Waals surface area (Å²) >= 11 is 1.40. The molecule has 0 radical (unpaired) electrons. The van der Waals surface area contributed by atoms with Crippen LogP contribution in [0.15, 0.2) is 47.8 Å². The maximum Gasteiger partial charge on any atom is 0.265 e. The molecule has 0 unspecified atom stereocenters. The van der Waals surface area contributed by atoms with Crippen LogP contribution in [0.3, 0.4) is 0 Å². The molecule has 4 nitrogen and oxygen atoms in total. The zero-order valence-electron chi connectivity index (χ0n) is 16.0. The van der Waals surface area contributed by atoms with Crippen LogP contribution in [0.4, 0.5) is 5.69 Å². The summed E-state index contributed by atoms with van der Waals surface area (Å²) in [5.41, 5.74) is 5.01. The number of carbonyl (C=O) groups is 1. The molecule has 0 bridgehead atoms. The van der Waals surface area contributed by atoms with E-state index in [4.69, 9.17) is 9.47 Å². The number of carbonyl (C=O) groups excluding carboxylic acids is 1. The maximum absolute atomic E-state index is 12.6. The average molecular weight is 381 g/mol. The minimum Gasteiger partial charge on any atom is -0.495 e. The monoisotopic (exact) mass is 381 g/mol. The molecule has 3 aromatic rings. The highest BCUT2D eigenvalue weighted by atomic mass is 32.1. The van der Waals surface area contributed by atoms with Crippen molar-refractivity contribution in [2.45, 2.75) is 27.4 Å². The van der Waals surface area contributed by atoms with Crippen molar-refractivity contribution >= 4 is 22.9 Å². The van der Waals surface area contributed by atoms with Crippen LogP contribution in [-0.2, 0) is 6.61 Å². The first-order valence-electron chi connectivity index (χ1n) is 8.69. The van der Waals surface area contributed by atoms with E-state index in [9.17, 15) is 4.79 Å². The van der Waals surface area contributed by atoms with Gasteiger partial charge < -0.3 is 14.8 Å². The van der Waals surface area contributed by atoms with E-state index >= 15 is 0 Å². The van der Waals surface area contributed by atoms with Crippen LogP contribution in [0.5, 0.6) is 11.5 Å². The van der Waals surface area contributed by atoms with E-state index < -0.39 is 0 Å². The molecule has 1 N–H and O–H groups in total. The molecule has 0 saturated carbocycles. The predicted octanol–water partition coefficient (Wildman–Crippen LogP) is 5.51. The van der Waals surface area contributed by atoms with Gasteiger partial charge in [0.05, 0.1) is 17.7 Å². The smallest absolute Gasteiger partial charge is 0.265 e. The minimum atomic E-state index is -0.151. The third-order valence-corrected chi connectivity index (χ3v) is 5.18. The summed E-state index contributed by atoms with van der Waals surface area (Å²) in [6, 6.07) is 13.7. The molecule has 2 aromatic carbocycles. The topological polar surface area (TPSA) is 47.6 Å². The van der Waals surface area contributed by atoms with E-state index in [1.807, 2.05) is 55.6 Å². The van der Waals surface area contributed by atoms with Crippen LogP contribution in [0.2, 0.25) is 0 Å². The van der Waals surface area contributed by atoms with Crippen LogP contribution in [-0.4, -0.2) is 13.0 Å². The summed E-state index contributed by atoms with van der Waals surface area (Å²) in [6.45, 7) is 6.50. The molecule has 0 aliphatic rings. The summed E-state index contributed by atoms with van der Waals surface area (Å²) in [4.78, 5) is 13.2. The number of hydrogen-bond donors (Lipinski definition) is 1. The fourth-order valence-electron chi connectivity index (χ4n) is 2.80. The number of thiophene rings is 1. The van der Waals surface area contributed by atoms with Gasteiger partial charge in [0.15, 0.2) is 0 Å². The van der Waals surface area contributed by atoms with Crippen LogP contribution in [0.1, 0.15) is 31.9 Å². The molecule has 27 heavy (non-hydrogen) atoms. The Hall–Kier alpha value is -2.79. The molecule has 0 aliphatic heterocycles. The van der Waals surface area contributed by atoms with Gasteiger partial charge in [0.1, 0.15) is 18.1 Å². The molecular formula is C22H23NO3S. The molecule has 5 heteroatoms. The third-order valence-electron chi connectivity index (χ3n) is 4.21. The molecule has 1 amide bonds. The van der Waals surface area contributed by atoms with Gasteiger partial charge in [-0.1, -0.05) is 23.8 Å². The summed E-state index contributed by atoms with van der Waals surface area (Å²) in [7, 11) is 1.59. The zero-order chi connectivity index (χ0) is 19.4. The van der Waals surface area contributed by atoms with Crippen molar-refractivity contribution in [3.63, 3.8) is 0 Å². The van der Waals surface area contributed by atoms with Gasteiger partial charge in [0.25, 0.3) is 5.91 Å². The zero-order valence-corrected chi connectivity index (χ0v) is 16.8. The maximum atomic E-state index is 12.6. The van der Waals surface area contributed by atoms with Gasteiger partial charge in [0.2, 0.25) is 0 Å². The Kier molecular flexibility index (Phi) is 5.81. The number of aryl methyl sites for hydroxylation is 3. The van der Waals surface area contributed by atoms with Crippen molar-refractivity contribution in [3.05, 3.63) is 75.0 Å². The Bertz CT molecular complexity index is 962. The second-order valence-corrected chi connectivity index (χ2v) is 7.45. The highest BCUT2D eigenvalue weighted by molar-refractivity contribution is 7.12. The van der Waals surface area contributed by atoms with Crippen LogP contribution in [0, 0.1) is 20.8 Å². The Labute approximate surface area is 163 Å². The lowest BCUT2D eigenvalue weighted by Crippen LogP contribution is -2.11. The predicted molar refractivity (Wildman–Crippen MR) is 110 cm³/mol. The largest absolute Gasteiger partial charge is 0.495 e. The van der Waals surface area contributed by atoms with E-state index in [1.54, 1.807) is 7.11 Å². The Balaban J connectivity index is 1.66. The van der Waals surface area contributed by atoms with E-state index in [-0.39, 0.29) is 5.91 Å². The second kappa shape index (κ2) is 8.27. The van der Waals surface area contributed by atoms with Crippen molar-refractivity contribution in [2.24, 2.45) is 0 Å². The molecule has 0 aliphatic carbocycles. The van der Waals surface area contributed by atoms with Gasteiger partial charge in [-0.15, -0.1) is 11.3 Å². The second-order valence-electron chi connectivity index (χ2n) is 6.53. The lowest BCUT2D eigenvalue weighted by atomic mass is 10.1. The number of anilines is 1. The Morgan fingerprint density at radius 2 is 1.70 bits per heavy atom. The summed E-state index contributed by atoms with van der Waals surface area (Å²) in [5.74, 6) is 1.35. The molecule has 1 heterocycles. The highest BCUT2D eigenvalue weighted by Crippen LogP contribution is 2.27. The van der Waals surface area contributed by atoms with Crippen LogP contribution >= 0.6 is 11.3 Å². The third kappa shape index (κ3) is 4.68. The average Bonchev–Trinajstić information content (AvgIpc) is 3.10. The SMILES string of the molecule is COc1ccc(C)cc1NC(=O)c1cc(COc2ccc(C)cc2C)cs1. The van der Waals surface area contributed by atoms with Crippen LogP contribution in [0.25, 0.3) is 0 Å². The molecule has 140 valence electrons. The number of hydrogen-bond acceptors (Lipinski definition) is 4. The molecule has 0 fully saturated rings. The first-order valence-corrected chi connectivity index (χ1v) is 9.57. The fourth-order valence-corrected chi connectivity index (χ4v) is 3.59. The first-order chi connectivity index (χ1) is 13.0. The molecular weight excluding hydrogens is 358 g/mol. The van der Waals surface area contributed by atoms with Crippen molar-refractivity contribution < 1.29 is 14.3 Å². The summed E-state index contributed by atoms with van der Waals surface area (Å²) in [6.07, 6.45) is 0. The van der Waals surface area contributed by atoms with Crippen molar-refractivity contribution in [1.29, 1.82) is 0 Å². The van der Waals surface area contributed by atoms with E-state index in [0.717, 1.165) is 22.4 Å². The van der Waals surface area contributed by atoms with Gasteiger partial charge in [-0.2, -0.15) is 0 Å². The minimum absolute atomic E-state index is 0.151. The Morgan fingerprint density at radius 1 is 1.00 bits per heavy atom. The lowest BCUT2D eigenvalue weighted by molar-refractivity contribution is 0.103. The van der Waals surface area contributed by atoms with Crippen molar-refractivity contribution in [1.82, 2.24) is 0 Å². The molecule has 0 atom stereocenters. The molecule has 0 saturated heterocycles. The van der Waals surface area contributed by atoms with Gasteiger partial charge in [-0.3, -0.25) is 4.79 Å². The van der Waals surface area contributed by atoms with Gasteiger partial charge >= 0.3 is 0 Å². The summed E-state index contributed by atoms with van der Waals surface area (Å²) < 4.78 is 11.2. The Morgan fingerprint density at radius 3 is 2.41 bits per heavy atom. The van der Waals surface area contributed by atoms with Gasteiger partial charge in [-0.05, 0) is 61.5 Å². The molecule has 3 rings (SSSR count). The quantitative estimate of drug-likeness (QED) is 0.612. The normalized spacial score (nSPS) is 10.5. The van der Waals surface area contributed by atoms with E-state index in [2.05, 4.69) is 18.3 Å². The number of benzene rings is 2. The van der Waals surface area contributed by atoms with Crippen molar-refractivity contribution in [3.8, 4) is 11.5 Å². The first kappa shape index (κ1) is 19.0. The van der Waals surface area contributed by atoms with Crippen molar-refractivity contribution in [2.75, 3.05) is 12.4 Å². The number of nitrogens with one attached hydrogen (secondary N) is 1. The number of amides is 1. The highest BCUT2D eigenvalue weighted by Gasteiger charge is 2.13. The van der Waals surface area contributed by atoms with Gasteiger partial charge in [0, 0.05) is 5.56 Å². The number of ether oxygens (including phenoxy) is 2.